The minimum absolute atomic E-state index is 0.212. The first kappa shape index (κ1) is 10.2. The van der Waals surface area contributed by atoms with Crippen molar-refractivity contribution in [1.82, 2.24) is 5.48 Å². The van der Waals surface area contributed by atoms with Crippen molar-refractivity contribution in [1.29, 1.82) is 0 Å². The molecule has 0 heterocycles. The van der Waals surface area contributed by atoms with Crippen molar-refractivity contribution in [2.24, 2.45) is 0 Å². The molecular weight excluding hydrogens is 142 g/mol. The molecular formula is C8H15NO2. The largest absolute Gasteiger partial charge is 0.367 e. The predicted molar refractivity (Wildman–Crippen MR) is 43.8 cm³/mol. The summed E-state index contributed by atoms with van der Waals surface area (Å²) in [6.07, 6.45) is 3.19. The van der Waals surface area contributed by atoms with E-state index >= 15 is 0 Å². The molecule has 1 atom stereocenters. The minimum Gasteiger partial charge on any atom is -0.367 e. The molecule has 11 heavy (non-hydrogen) atoms. The highest BCUT2D eigenvalue weighted by molar-refractivity contribution is 5.80. The van der Waals surface area contributed by atoms with Gasteiger partial charge in [-0.05, 0) is 13.3 Å². The maximum absolute atomic E-state index is 10.5. The van der Waals surface area contributed by atoms with Crippen molar-refractivity contribution in [2.75, 3.05) is 0 Å². The van der Waals surface area contributed by atoms with Crippen LogP contribution in [-0.4, -0.2) is 12.0 Å². The van der Waals surface area contributed by atoms with Crippen molar-refractivity contribution in [3.8, 4) is 0 Å². The monoisotopic (exact) mass is 157 g/mol. The summed E-state index contributed by atoms with van der Waals surface area (Å²) in [6, 6.07) is 0.212. The highest BCUT2D eigenvalue weighted by Gasteiger charge is 2.01. The molecule has 0 aromatic rings. The van der Waals surface area contributed by atoms with E-state index in [0.717, 1.165) is 18.9 Å². The second-order valence-electron chi connectivity index (χ2n) is 2.43. The molecule has 0 fully saturated rings. The van der Waals surface area contributed by atoms with E-state index in [0.29, 0.717) is 0 Å². The molecule has 0 rings (SSSR count). The Morgan fingerprint density at radius 2 is 2.45 bits per heavy atom. The summed E-state index contributed by atoms with van der Waals surface area (Å²) >= 11 is 0. The standard InChI is InChI=1S/C8H15NO2/c1-4-6-7(3)9-11-8(10)5-2/h5,7,9H,2,4,6H2,1,3H3. The fraction of sp³-hybridized carbons (Fsp3) is 0.625. The maximum atomic E-state index is 10.5. The summed E-state index contributed by atoms with van der Waals surface area (Å²) in [4.78, 5) is 15.1. The van der Waals surface area contributed by atoms with Crippen LogP contribution in [0.4, 0.5) is 0 Å². The second-order valence-corrected chi connectivity index (χ2v) is 2.43. The summed E-state index contributed by atoms with van der Waals surface area (Å²) in [5.41, 5.74) is 2.61. The van der Waals surface area contributed by atoms with Crippen molar-refractivity contribution >= 4 is 5.97 Å². The highest BCUT2D eigenvalue weighted by Crippen LogP contribution is 1.94. The lowest BCUT2D eigenvalue weighted by molar-refractivity contribution is -0.146. The van der Waals surface area contributed by atoms with Crippen LogP contribution >= 0.6 is 0 Å². The molecule has 0 aromatic carbocycles. The van der Waals surface area contributed by atoms with Crippen molar-refractivity contribution in [3.63, 3.8) is 0 Å². The molecule has 0 bridgehead atoms. The first-order valence-electron chi connectivity index (χ1n) is 3.79. The molecule has 0 radical (unpaired) electrons. The van der Waals surface area contributed by atoms with Crippen molar-refractivity contribution < 1.29 is 9.63 Å². The highest BCUT2D eigenvalue weighted by atomic mass is 16.7. The number of hydroxylamine groups is 1. The van der Waals surface area contributed by atoms with Crippen LogP contribution in [0.5, 0.6) is 0 Å². The Morgan fingerprint density at radius 3 is 2.91 bits per heavy atom. The van der Waals surface area contributed by atoms with Crippen LogP contribution in [0.3, 0.4) is 0 Å². The zero-order valence-corrected chi connectivity index (χ0v) is 7.09. The van der Waals surface area contributed by atoms with Gasteiger partial charge in [0.15, 0.2) is 0 Å². The zero-order valence-electron chi connectivity index (χ0n) is 7.09. The average molecular weight is 157 g/mol. The third-order valence-corrected chi connectivity index (χ3v) is 1.25. The third kappa shape index (κ3) is 5.61. The van der Waals surface area contributed by atoms with Gasteiger partial charge in [0.05, 0.1) is 0 Å². The van der Waals surface area contributed by atoms with Crippen LogP contribution in [0.1, 0.15) is 26.7 Å². The van der Waals surface area contributed by atoms with Crippen LogP contribution in [0.15, 0.2) is 12.7 Å². The van der Waals surface area contributed by atoms with Gasteiger partial charge in [0.2, 0.25) is 0 Å². The van der Waals surface area contributed by atoms with Gasteiger partial charge >= 0.3 is 5.97 Å². The van der Waals surface area contributed by atoms with Gasteiger partial charge < -0.3 is 4.84 Å². The van der Waals surface area contributed by atoms with Gasteiger partial charge in [0.1, 0.15) is 0 Å². The van der Waals surface area contributed by atoms with Crippen LogP contribution in [-0.2, 0) is 9.63 Å². The molecule has 1 N–H and O–H groups in total. The molecule has 1 unspecified atom stereocenters. The smallest absolute Gasteiger partial charge is 0.348 e. The number of nitrogens with one attached hydrogen (secondary N) is 1. The summed E-state index contributed by atoms with van der Waals surface area (Å²) in [5.74, 6) is -0.437. The number of carbonyl (C=O) groups excluding carboxylic acids is 1. The SMILES string of the molecule is C=CC(=O)ONC(C)CCC. The summed E-state index contributed by atoms with van der Waals surface area (Å²) < 4.78 is 0. The van der Waals surface area contributed by atoms with Gasteiger partial charge in [-0.25, -0.2) is 4.79 Å². The van der Waals surface area contributed by atoms with E-state index in [4.69, 9.17) is 0 Å². The van der Waals surface area contributed by atoms with E-state index in [1.165, 1.54) is 0 Å². The summed E-state index contributed by atoms with van der Waals surface area (Å²) in [5, 5.41) is 0. The number of hydrogen-bond acceptors (Lipinski definition) is 3. The van der Waals surface area contributed by atoms with Gasteiger partial charge in [-0.3, -0.25) is 0 Å². The van der Waals surface area contributed by atoms with Gasteiger partial charge in [-0.2, -0.15) is 5.48 Å². The number of rotatable bonds is 5. The fourth-order valence-electron chi connectivity index (χ4n) is 0.692. The Labute approximate surface area is 67.4 Å². The molecule has 64 valence electrons. The minimum atomic E-state index is -0.437. The van der Waals surface area contributed by atoms with Crippen LogP contribution in [0.2, 0.25) is 0 Å². The Kier molecular flexibility index (Phi) is 5.47. The van der Waals surface area contributed by atoms with Crippen molar-refractivity contribution in [2.45, 2.75) is 32.7 Å². The number of hydrogen-bond donors (Lipinski definition) is 1. The normalized spacial score (nSPS) is 12.2. The van der Waals surface area contributed by atoms with Crippen LogP contribution in [0.25, 0.3) is 0 Å². The van der Waals surface area contributed by atoms with Crippen molar-refractivity contribution in [3.05, 3.63) is 12.7 Å². The van der Waals surface area contributed by atoms with Gasteiger partial charge in [0, 0.05) is 12.1 Å². The Bertz CT molecular complexity index is 134. The lowest BCUT2D eigenvalue weighted by Crippen LogP contribution is -2.28. The van der Waals surface area contributed by atoms with E-state index in [-0.39, 0.29) is 6.04 Å². The van der Waals surface area contributed by atoms with E-state index in [1.54, 1.807) is 0 Å². The van der Waals surface area contributed by atoms with E-state index in [1.807, 2.05) is 6.92 Å². The van der Waals surface area contributed by atoms with E-state index in [9.17, 15) is 4.79 Å². The molecule has 0 saturated heterocycles. The molecule has 0 aliphatic carbocycles. The topological polar surface area (TPSA) is 38.3 Å². The zero-order chi connectivity index (χ0) is 8.69. The van der Waals surface area contributed by atoms with Crippen LogP contribution < -0.4 is 5.48 Å². The molecule has 0 amide bonds. The third-order valence-electron chi connectivity index (χ3n) is 1.25. The Balaban J connectivity index is 3.37. The van der Waals surface area contributed by atoms with Gasteiger partial charge in [-0.1, -0.05) is 19.9 Å². The summed E-state index contributed by atoms with van der Waals surface area (Å²) in [6.45, 7) is 7.31. The molecule has 0 aliphatic rings. The van der Waals surface area contributed by atoms with Gasteiger partial charge in [-0.15, -0.1) is 0 Å². The molecule has 0 spiro atoms. The van der Waals surface area contributed by atoms with E-state index < -0.39 is 5.97 Å². The Hall–Kier alpha value is -0.830. The van der Waals surface area contributed by atoms with Crippen LogP contribution in [0, 0.1) is 0 Å². The Morgan fingerprint density at radius 1 is 1.82 bits per heavy atom. The lowest BCUT2D eigenvalue weighted by Gasteiger charge is -2.10. The lowest BCUT2D eigenvalue weighted by atomic mass is 10.2. The average Bonchev–Trinajstić information content (AvgIpc) is 2.01. The number of carbonyl (C=O) groups is 1. The molecule has 0 aromatic heterocycles. The molecule has 0 saturated carbocycles. The quantitative estimate of drug-likeness (QED) is 0.484. The maximum Gasteiger partial charge on any atom is 0.348 e. The van der Waals surface area contributed by atoms with E-state index in [2.05, 4.69) is 23.8 Å². The fourth-order valence-corrected chi connectivity index (χ4v) is 0.692. The first-order valence-corrected chi connectivity index (χ1v) is 3.79. The molecule has 3 nitrogen and oxygen atoms in total. The summed E-state index contributed by atoms with van der Waals surface area (Å²) in [7, 11) is 0. The predicted octanol–water partition coefficient (Wildman–Crippen LogP) is 1.41. The first-order chi connectivity index (χ1) is 5.20. The molecule has 3 heteroatoms. The second kappa shape index (κ2) is 5.92. The van der Waals surface area contributed by atoms with Gasteiger partial charge in [0.25, 0.3) is 0 Å². The molecule has 0 aliphatic heterocycles.